The third kappa shape index (κ3) is 3.50. The summed E-state index contributed by atoms with van der Waals surface area (Å²) in [6, 6.07) is 12.2. The van der Waals surface area contributed by atoms with Crippen LogP contribution < -0.4 is 5.32 Å². The van der Waals surface area contributed by atoms with Crippen LogP contribution in [0.3, 0.4) is 0 Å². The van der Waals surface area contributed by atoms with Crippen molar-refractivity contribution in [2.75, 3.05) is 5.32 Å². The lowest BCUT2D eigenvalue weighted by Gasteiger charge is -2.10. The molecule has 0 radical (unpaired) electrons. The summed E-state index contributed by atoms with van der Waals surface area (Å²) >= 11 is 13.0. The molecule has 4 heteroatoms. The van der Waals surface area contributed by atoms with Crippen molar-refractivity contribution in [3.63, 3.8) is 0 Å². The summed E-state index contributed by atoms with van der Waals surface area (Å²) < 4.78 is 1.99. The average molecular weight is 390 g/mol. The van der Waals surface area contributed by atoms with E-state index in [1.807, 2.05) is 24.3 Å². The number of aryl methyl sites for hydroxylation is 1. The Bertz CT molecular complexity index is 570. The van der Waals surface area contributed by atoms with E-state index in [0.717, 1.165) is 31.8 Å². The van der Waals surface area contributed by atoms with Gasteiger partial charge in [0.25, 0.3) is 0 Å². The highest BCUT2D eigenvalue weighted by molar-refractivity contribution is 9.11. The number of rotatable bonds is 3. The smallest absolute Gasteiger partial charge is 0.0551 e. The molecule has 0 aliphatic rings. The van der Waals surface area contributed by atoms with Gasteiger partial charge in [0.2, 0.25) is 0 Å². The van der Waals surface area contributed by atoms with Gasteiger partial charge < -0.3 is 5.32 Å². The third-order valence-electron chi connectivity index (χ3n) is 2.59. The topological polar surface area (TPSA) is 12.0 Å². The summed E-state index contributed by atoms with van der Waals surface area (Å²) in [5.41, 5.74) is 3.47. The Hall–Kier alpha value is -0.510. The molecule has 0 saturated carbocycles. The van der Waals surface area contributed by atoms with Crippen molar-refractivity contribution in [3.05, 3.63) is 61.5 Å². The monoisotopic (exact) mass is 387 g/mol. The van der Waals surface area contributed by atoms with Gasteiger partial charge in [-0.3, -0.25) is 0 Å². The molecule has 0 aliphatic heterocycles. The molecule has 0 atom stereocenters. The van der Waals surface area contributed by atoms with E-state index in [1.165, 1.54) is 5.56 Å². The summed E-state index contributed by atoms with van der Waals surface area (Å²) in [5, 5.41) is 4.13. The first-order chi connectivity index (χ1) is 8.56. The number of hydrogen-bond donors (Lipinski definition) is 1. The summed E-state index contributed by atoms with van der Waals surface area (Å²) in [5.74, 6) is 0. The van der Waals surface area contributed by atoms with E-state index < -0.39 is 0 Å². The highest BCUT2D eigenvalue weighted by Gasteiger charge is 2.02. The van der Waals surface area contributed by atoms with Crippen LogP contribution in [0.1, 0.15) is 11.1 Å². The standard InChI is InChI=1S/C14H12Br2ClN/c1-9-2-4-12(16)14(6-9)18-8-10-3-5-11(15)13(17)7-10/h2-7,18H,8H2,1H3. The van der Waals surface area contributed by atoms with Crippen LogP contribution >= 0.6 is 43.5 Å². The van der Waals surface area contributed by atoms with Gasteiger partial charge in [-0.05, 0) is 74.2 Å². The maximum absolute atomic E-state index is 6.07. The number of hydrogen-bond acceptors (Lipinski definition) is 1. The lowest BCUT2D eigenvalue weighted by molar-refractivity contribution is 1.14. The predicted molar refractivity (Wildman–Crippen MR) is 85.4 cm³/mol. The molecule has 94 valence electrons. The van der Waals surface area contributed by atoms with Gasteiger partial charge in [-0.2, -0.15) is 0 Å². The molecule has 2 aromatic rings. The first kappa shape index (κ1) is 13.9. The van der Waals surface area contributed by atoms with Crippen LogP contribution in [0.15, 0.2) is 45.3 Å². The largest absolute Gasteiger partial charge is 0.380 e. The lowest BCUT2D eigenvalue weighted by Crippen LogP contribution is -2.00. The van der Waals surface area contributed by atoms with Gasteiger partial charge in [0, 0.05) is 21.2 Å². The fourth-order valence-corrected chi connectivity index (χ4v) is 2.46. The van der Waals surface area contributed by atoms with Gasteiger partial charge in [-0.25, -0.2) is 0 Å². The van der Waals surface area contributed by atoms with E-state index in [0.29, 0.717) is 0 Å². The van der Waals surface area contributed by atoms with Crippen LogP contribution in [0.4, 0.5) is 5.69 Å². The summed E-state index contributed by atoms with van der Waals surface area (Å²) in [6.45, 7) is 2.82. The molecule has 18 heavy (non-hydrogen) atoms. The van der Waals surface area contributed by atoms with Gasteiger partial charge in [0.05, 0.1) is 5.02 Å². The Labute approximate surface area is 129 Å². The molecule has 0 fully saturated rings. The van der Waals surface area contributed by atoms with Gasteiger partial charge >= 0.3 is 0 Å². The summed E-state index contributed by atoms with van der Waals surface area (Å²) in [4.78, 5) is 0. The molecule has 0 bridgehead atoms. The predicted octanol–water partition coefficient (Wildman–Crippen LogP) is 5.79. The van der Waals surface area contributed by atoms with Crippen molar-refractivity contribution in [1.29, 1.82) is 0 Å². The van der Waals surface area contributed by atoms with Crippen LogP contribution in [0.2, 0.25) is 5.02 Å². The molecule has 0 amide bonds. The maximum atomic E-state index is 6.07. The quantitative estimate of drug-likeness (QED) is 0.701. The minimum Gasteiger partial charge on any atom is -0.380 e. The molecule has 0 aliphatic carbocycles. The molecule has 1 nitrogen and oxygen atoms in total. The number of anilines is 1. The van der Waals surface area contributed by atoms with E-state index in [4.69, 9.17) is 11.6 Å². The molecule has 0 saturated heterocycles. The SMILES string of the molecule is Cc1ccc(Br)c(NCc2ccc(Br)c(Cl)c2)c1. The van der Waals surface area contributed by atoms with Gasteiger partial charge in [0.1, 0.15) is 0 Å². The van der Waals surface area contributed by atoms with Gasteiger partial charge in [-0.1, -0.05) is 23.7 Å². The van der Waals surface area contributed by atoms with E-state index in [9.17, 15) is 0 Å². The lowest BCUT2D eigenvalue weighted by atomic mass is 10.2. The van der Waals surface area contributed by atoms with Gasteiger partial charge in [0.15, 0.2) is 0 Å². The third-order valence-corrected chi connectivity index (χ3v) is 4.51. The van der Waals surface area contributed by atoms with E-state index in [2.05, 4.69) is 56.2 Å². The van der Waals surface area contributed by atoms with Crippen LogP contribution in [-0.2, 0) is 6.54 Å². The molecule has 2 aromatic carbocycles. The second-order valence-corrected chi connectivity index (χ2v) is 6.20. The maximum Gasteiger partial charge on any atom is 0.0551 e. The van der Waals surface area contributed by atoms with E-state index >= 15 is 0 Å². The minimum atomic E-state index is 0.734. The Morgan fingerprint density at radius 1 is 1.06 bits per heavy atom. The first-order valence-corrected chi connectivity index (χ1v) is 7.46. The first-order valence-electron chi connectivity index (χ1n) is 5.50. The van der Waals surface area contributed by atoms with Crippen LogP contribution in [0.5, 0.6) is 0 Å². The second kappa shape index (κ2) is 6.09. The molecule has 2 rings (SSSR count). The van der Waals surface area contributed by atoms with Gasteiger partial charge in [-0.15, -0.1) is 0 Å². The van der Waals surface area contributed by atoms with E-state index in [1.54, 1.807) is 0 Å². The Morgan fingerprint density at radius 3 is 2.50 bits per heavy atom. The van der Waals surface area contributed by atoms with E-state index in [-0.39, 0.29) is 0 Å². The normalized spacial score (nSPS) is 10.4. The van der Waals surface area contributed by atoms with Crippen molar-refractivity contribution in [2.45, 2.75) is 13.5 Å². The summed E-state index contributed by atoms with van der Waals surface area (Å²) in [7, 11) is 0. The zero-order valence-electron chi connectivity index (χ0n) is 9.81. The average Bonchev–Trinajstić information content (AvgIpc) is 2.34. The Balaban J connectivity index is 2.11. The van der Waals surface area contributed by atoms with Crippen molar-refractivity contribution < 1.29 is 0 Å². The summed E-state index contributed by atoms with van der Waals surface area (Å²) in [6.07, 6.45) is 0. The molecule has 0 aromatic heterocycles. The van der Waals surface area contributed by atoms with Crippen LogP contribution in [0.25, 0.3) is 0 Å². The van der Waals surface area contributed by atoms with Crippen LogP contribution in [0, 0.1) is 6.92 Å². The molecule has 0 heterocycles. The zero-order valence-corrected chi connectivity index (χ0v) is 13.7. The Kier molecular flexibility index (Phi) is 4.71. The second-order valence-electron chi connectivity index (χ2n) is 4.09. The Morgan fingerprint density at radius 2 is 1.78 bits per heavy atom. The fourth-order valence-electron chi connectivity index (χ4n) is 1.62. The molecular formula is C14H12Br2ClN. The van der Waals surface area contributed by atoms with Crippen molar-refractivity contribution in [1.82, 2.24) is 0 Å². The van der Waals surface area contributed by atoms with Crippen molar-refractivity contribution in [3.8, 4) is 0 Å². The number of halogens is 3. The van der Waals surface area contributed by atoms with Crippen LogP contribution in [-0.4, -0.2) is 0 Å². The highest BCUT2D eigenvalue weighted by atomic mass is 79.9. The molecular weight excluding hydrogens is 377 g/mol. The minimum absolute atomic E-state index is 0.734. The number of nitrogens with one attached hydrogen (secondary N) is 1. The van der Waals surface area contributed by atoms with Crippen molar-refractivity contribution in [2.24, 2.45) is 0 Å². The highest BCUT2D eigenvalue weighted by Crippen LogP contribution is 2.26. The van der Waals surface area contributed by atoms with Crippen molar-refractivity contribution >= 4 is 49.1 Å². The number of benzene rings is 2. The molecule has 1 N–H and O–H groups in total. The fraction of sp³-hybridized carbons (Fsp3) is 0.143. The molecule has 0 unspecified atom stereocenters. The molecule has 0 spiro atoms. The zero-order chi connectivity index (χ0) is 13.1.